The van der Waals surface area contributed by atoms with E-state index in [1.807, 2.05) is 0 Å². The molecule has 5 heteroatoms. The van der Waals surface area contributed by atoms with Gasteiger partial charge in [0.2, 0.25) is 0 Å². The van der Waals surface area contributed by atoms with Gasteiger partial charge in [0, 0.05) is 58.4 Å². The fraction of sp³-hybridized carbons (Fsp3) is 1.00. The van der Waals surface area contributed by atoms with E-state index >= 15 is 0 Å². The molecule has 1 heterocycles. The topological polar surface area (TPSA) is 74.1 Å². The number of hydrogen-bond donors (Lipinski definition) is 5. The maximum absolute atomic E-state index is 5.65. The lowest BCUT2D eigenvalue weighted by Gasteiger charge is -2.19. The van der Waals surface area contributed by atoms with Gasteiger partial charge in [-0.2, -0.15) is 0 Å². The Kier molecular flexibility index (Phi) is 6.90. The van der Waals surface area contributed by atoms with Gasteiger partial charge in [-0.3, -0.25) is 0 Å². The average molecular weight is 201 g/mol. The second kappa shape index (κ2) is 8.14. The predicted octanol–water partition coefficient (Wildman–Crippen LogP) is -2.31. The summed E-state index contributed by atoms with van der Waals surface area (Å²) >= 11 is 0. The Hall–Kier alpha value is -0.200. The Labute approximate surface area is 86.2 Å². The molecular weight excluding hydrogens is 178 g/mol. The first-order valence-corrected chi connectivity index (χ1v) is 5.49. The van der Waals surface area contributed by atoms with E-state index in [-0.39, 0.29) is 0 Å². The van der Waals surface area contributed by atoms with Crippen molar-refractivity contribution in [1.82, 2.24) is 21.3 Å². The SMILES string of the molecule is NC[C@H]1CNCCNCCNCCN1. The first kappa shape index (κ1) is 11.9. The van der Waals surface area contributed by atoms with Gasteiger partial charge in [0.25, 0.3) is 0 Å². The first-order valence-electron chi connectivity index (χ1n) is 5.49. The quantitative estimate of drug-likeness (QED) is 0.329. The van der Waals surface area contributed by atoms with Gasteiger partial charge in [0.1, 0.15) is 0 Å². The molecule has 0 unspecified atom stereocenters. The van der Waals surface area contributed by atoms with Crippen LogP contribution in [0.4, 0.5) is 0 Å². The third kappa shape index (κ3) is 5.51. The van der Waals surface area contributed by atoms with Crippen molar-refractivity contribution in [3.8, 4) is 0 Å². The molecule has 1 rings (SSSR count). The lowest BCUT2D eigenvalue weighted by atomic mass is 10.3. The molecular formula is C9H23N5. The van der Waals surface area contributed by atoms with Crippen LogP contribution in [0.5, 0.6) is 0 Å². The summed E-state index contributed by atoms with van der Waals surface area (Å²) in [7, 11) is 0. The zero-order chi connectivity index (χ0) is 10.1. The van der Waals surface area contributed by atoms with Crippen molar-refractivity contribution >= 4 is 0 Å². The summed E-state index contributed by atoms with van der Waals surface area (Å²) in [5, 5.41) is 13.5. The third-order valence-electron chi connectivity index (χ3n) is 2.37. The molecule has 5 nitrogen and oxygen atoms in total. The van der Waals surface area contributed by atoms with Crippen molar-refractivity contribution < 1.29 is 0 Å². The first-order chi connectivity index (χ1) is 6.93. The minimum atomic E-state index is 0.399. The summed E-state index contributed by atoms with van der Waals surface area (Å²) in [5.41, 5.74) is 5.65. The summed E-state index contributed by atoms with van der Waals surface area (Å²) < 4.78 is 0. The summed E-state index contributed by atoms with van der Waals surface area (Å²) in [6, 6.07) is 0.399. The molecule has 0 aromatic carbocycles. The molecule has 1 aliphatic heterocycles. The minimum absolute atomic E-state index is 0.399. The van der Waals surface area contributed by atoms with Crippen LogP contribution in [0.25, 0.3) is 0 Å². The van der Waals surface area contributed by atoms with Crippen LogP contribution < -0.4 is 27.0 Å². The van der Waals surface area contributed by atoms with Crippen molar-refractivity contribution in [2.45, 2.75) is 6.04 Å². The predicted molar refractivity (Wildman–Crippen MR) is 59.5 cm³/mol. The second-order valence-electron chi connectivity index (χ2n) is 3.59. The van der Waals surface area contributed by atoms with E-state index < -0.39 is 0 Å². The summed E-state index contributed by atoms with van der Waals surface area (Å²) in [6.45, 7) is 7.77. The van der Waals surface area contributed by atoms with E-state index in [9.17, 15) is 0 Å². The lowest BCUT2D eigenvalue weighted by Crippen LogP contribution is -2.48. The lowest BCUT2D eigenvalue weighted by molar-refractivity contribution is 0.457. The third-order valence-corrected chi connectivity index (χ3v) is 2.37. The summed E-state index contributed by atoms with van der Waals surface area (Å²) in [5.74, 6) is 0. The molecule has 0 spiro atoms. The summed E-state index contributed by atoms with van der Waals surface area (Å²) in [6.07, 6.45) is 0. The van der Waals surface area contributed by atoms with Crippen molar-refractivity contribution in [2.75, 3.05) is 52.4 Å². The van der Waals surface area contributed by atoms with Gasteiger partial charge in [-0.15, -0.1) is 0 Å². The van der Waals surface area contributed by atoms with Crippen molar-refractivity contribution in [3.05, 3.63) is 0 Å². The van der Waals surface area contributed by atoms with Crippen LogP contribution >= 0.6 is 0 Å². The van der Waals surface area contributed by atoms with E-state index in [2.05, 4.69) is 21.3 Å². The molecule has 0 amide bonds. The number of rotatable bonds is 1. The van der Waals surface area contributed by atoms with Gasteiger partial charge in [0.05, 0.1) is 0 Å². The van der Waals surface area contributed by atoms with Gasteiger partial charge in [0.15, 0.2) is 0 Å². The maximum Gasteiger partial charge on any atom is 0.0315 e. The zero-order valence-electron chi connectivity index (χ0n) is 8.81. The van der Waals surface area contributed by atoms with Crippen molar-refractivity contribution in [1.29, 1.82) is 0 Å². The maximum atomic E-state index is 5.65. The van der Waals surface area contributed by atoms with Crippen LogP contribution in [0.15, 0.2) is 0 Å². The monoisotopic (exact) mass is 201 g/mol. The molecule has 0 radical (unpaired) electrons. The van der Waals surface area contributed by atoms with Crippen LogP contribution in [0.2, 0.25) is 0 Å². The Balaban J connectivity index is 2.17. The molecule has 84 valence electrons. The highest BCUT2D eigenvalue weighted by Crippen LogP contribution is 1.77. The van der Waals surface area contributed by atoms with Crippen LogP contribution in [0.3, 0.4) is 0 Å². The van der Waals surface area contributed by atoms with Crippen LogP contribution in [-0.4, -0.2) is 58.4 Å². The highest BCUT2D eigenvalue weighted by molar-refractivity contribution is 4.72. The minimum Gasteiger partial charge on any atom is -0.329 e. The average Bonchev–Trinajstić information content (AvgIpc) is 2.19. The van der Waals surface area contributed by atoms with Gasteiger partial charge in [-0.25, -0.2) is 0 Å². The molecule has 1 fully saturated rings. The van der Waals surface area contributed by atoms with Crippen LogP contribution in [0.1, 0.15) is 0 Å². The van der Waals surface area contributed by atoms with E-state index in [1.54, 1.807) is 0 Å². The zero-order valence-corrected chi connectivity index (χ0v) is 8.81. The molecule has 0 aliphatic carbocycles. The highest BCUT2D eigenvalue weighted by atomic mass is 15.0. The van der Waals surface area contributed by atoms with Gasteiger partial charge in [-0.1, -0.05) is 0 Å². The Morgan fingerprint density at radius 1 is 0.857 bits per heavy atom. The van der Waals surface area contributed by atoms with Gasteiger partial charge >= 0.3 is 0 Å². The van der Waals surface area contributed by atoms with E-state index in [0.717, 1.165) is 45.8 Å². The van der Waals surface area contributed by atoms with Gasteiger partial charge in [-0.05, 0) is 0 Å². The Bertz CT molecular complexity index is 118. The standard InChI is InChI=1S/C9H23N5/c10-7-9-8-13-4-3-11-1-2-12-5-6-14-9/h9,11-14H,1-8,10H2/t9-/m0/s1. The van der Waals surface area contributed by atoms with E-state index in [1.165, 1.54) is 0 Å². The van der Waals surface area contributed by atoms with Crippen LogP contribution in [0, 0.1) is 0 Å². The normalized spacial score (nSPS) is 27.6. The van der Waals surface area contributed by atoms with Crippen molar-refractivity contribution in [3.63, 3.8) is 0 Å². The van der Waals surface area contributed by atoms with E-state index in [4.69, 9.17) is 5.73 Å². The smallest absolute Gasteiger partial charge is 0.0315 e. The largest absolute Gasteiger partial charge is 0.329 e. The molecule has 0 aromatic heterocycles. The second-order valence-corrected chi connectivity index (χ2v) is 3.59. The number of nitrogens with two attached hydrogens (primary N) is 1. The fourth-order valence-electron chi connectivity index (χ4n) is 1.48. The Morgan fingerprint density at radius 2 is 1.43 bits per heavy atom. The molecule has 0 saturated carbocycles. The molecule has 1 saturated heterocycles. The van der Waals surface area contributed by atoms with Gasteiger partial charge < -0.3 is 27.0 Å². The molecule has 0 aromatic rings. The highest BCUT2D eigenvalue weighted by Gasteiger charge is 2.04. The van der Waals surface area contributed by atoms with Crippen molar-refractivity contribution in [2.24, 2.45) is 5.73 Å². The fourth-order valence-corrected chi connectivity index (χ4v) is 1.48. The number of nitrogens with one attached hydrogen (secondary N) is 4. The van der Waals surface area contributed by atoms with Crippen LogP contribution in [-0.2, 0) is 0 Å². The Morgan fingerprint density at radius 3 is 2.07 bits per heavy atom. The molecule has 0 bridgehead atoms. The molecule has 1 aliphatic rings. The molecule has 6 N–H and O–H groups in total. The molecule has 14 heavy (non-hydrogen) atoms. The number of hydrogen-bond acceptors (Lipinski definition) is 5. The van der Waals surface area contributed by atoms with E-state index in [0.29, 0.717) is 12.6 Å². The molecule has 1 atom stereocenters. The summed E-state index contributed by atoms with van der Waals surface area (Å²) in [4.78, 5) is 0.